The molecule has 5 nitrogen and oxygen atoms in total. The van der Waals surface area contributed by atoms with Crippen molar-refractivity contribution in [2.45, 2.75) is 13.0 Å². The Balaban J connectivity index is 1.38. The van der Waals surface area contributed by atoms with Crippen LogP contribution in [0.2, 0.25) is 0 Å². The van der Waals surface area contributed by atoms with Gasteiger partial charge in [-0.25, -0.2) is 4.68 Å². The fourth-order valence-corrected chi connectivity index (χ4v) is 2.72. The zero-order valence-corrected chi connectivity index (χ0v) is 13.2. The molecule has 4 rings (SSSR count). The van der Waals surface area contributed by atoms with Crippen LogP contribution in [0.3, 0.4) is 0 Å². The Morgan fingerprint density at radius 2 is 1.79 bits per heavy atom. The molecule has 0 radical (unpaired) electrons. The van der Waals surface area contributed by atoms with Crippen LogP contribution in [0.4, 0.5) is 11.4 Å². The highest BCUT2D eigenvalue weighted by Gasteiger charge is 2.24. The van der Waals surface area contributed by atoms with Gasteiger partial charge >= 0.3 is 0 Å². The number of β-lactam (4-membered cyclic amide) rings is 1. The summed E-state index contributed by atoms with van der Waals surface area (Å²) in [6.45, 7) is 1.53. The van der Waals surface area contributed by atoms with Crippen molar-refractivity contribution in [1.82, 2.24) is 9.78 Å². The quantitative estimate of drug-likeness (QED) is 0.735. The molecule has 1 amide bonds. The van der Waals surface area contributed by atoms with Crippen LogP contribution in [0.5, 0.6) is 0 Å². The van der Waals surface area contributed by atoms with Crippen LogP contribution in [-0.2, 0) is 11.3 Å². The van der Waals surface area contributed by atoms with E-state index in [4.69, 9.17) is 0 Å². The molecular weight excluding hydrogens is 300 g/mol. The lowest BCUT2D eigenvalue weighted by Gasteiger charge is -2.30. The van der Waals surface area contributed by atoms with Gasteiger partial charge < -0.3 is 10.2 Å². The molecule has 2 aromatic carbocycles. The first-order valence-electron chi connectivity index (χ1n) is 8.03. The number of amides is 1. The van der Waals surface area contributed by atoms with E-state index in [1.54, 1.807) is 4.90 Å². The van der Waals surface area contributed by atoms with Gasteiger partial charge in [-0.3, -0.25) is 4.79 Å². The number of aromatic nitrogens is 2. The van der Waals surface area contributed by atoms with E-state index in [0.717, 1.165) is 29.2 Å². The third kappa shape index (κ3) is 2.88. The normalized spacial score (nSPS) is 13.7. The van der Waals surface area contributed by atoms with E-state index >= 15 is 0 Å². The number of benzene rings is 2. The molecule has 1 saturated heterocycles. The minimum Gasteiger partial charge on any atom is -0.381 e. The van der Waals surface area contributed by atoms with E-state index in [1.807, 2.05) is 71.7 Å². The van der Waals surface area contributed by atoms with Crippen molar-refractivity contribution in [3.63, 3.8) is 0 Å². The molecule has 24 heavy (non-hydrogen) atoms. The van der Waals surface area contributed by atoms with Gasteiger partial charge in [0.1, 0.15) is 0 Å². The van der Waals surface area contributed by atoms with Crippen LogP contribution in [-0.4, -0.2) is 22.2 Å². The summed E-state index contributed by atoms with van der Waals surface area (Å²) in [5.74, 6) is 0.198. The van der Waals surface area contributed by atoms with Gasteiger partial charge in [-0.15, -0.1) is 0 Å². The number of carbonyl (C=O) groups is 1. The van der Waals surface area contributed by atoms with Crippen LogP contribution >= 0.6 is 0 Å². The van der Waals surface area contributed by atoms with Gasteiger partial charge in [-0.2, -0.15) is 5.10 Å². The third-order valence-corrected chi connectivity index (χ3v) is 4.18. The number of hydrogen-bond donors (Lipinski definition) is 1. The van der Waals surface area contributed by atoms with Crippen molar-refractivity contribution in [3.05, 3.63) is 72.6 Å². The van der Waals surface area contributed by atoms with Crippen LogP contribution in [0, 0.1) is 0 Å². The molecule has 0 bridgehead atoms. The van der Waals surface area contributed by atoms with Crippen LogP contribution in [0.1, 0.15) is 12.0 Å². The average molecular weight is 318 g/mol. The maximum absolute atomic E-state index is 11.4. The smallest absolute Gasteiger partial charge is 0.228 e. The van der Waals surface area contributed by atoms with Gasteiger partial charge in [0, 0.05) is 42.6 Å². The number of hydrogen-bond acceptors (Lipinski definition) is 3. The fraction of sp³-hybridized carbons (Fsp3) is 0.158. The van der Waals surface area contributed by atoms with Crippen LogP contribution in [0.25, 0.3) is 5.69 Å². The highest BCUT2D eigenvalue weighted by atomic mass is 16.2. The van der Waals surface area contributed by atoms with E-state index in [-0.39, 0.29) is 5.91 Å². The van der Waals surface area contributed by atoms with Crippen molar-refractivity contribution >= 4 is 17.3 Å². The first kappa shape index (κ1) is 14.5. The minimum atomic E-state index is 0.198. The summed E-state index contributed by atoms with van der Waals surface area (Å²) in [5, 5.41) is 7.78. The van der Waals surface area contributed by atoms with Gasteiger partial charge in [0.2, 0.25) is 5.91 Å². The van der Waals surface area contributed by atoms with Crippen molar-refractivity contribution in [2.24, 2.45) is 0 Å². The Hall–Kier alpha value is -3.08. The topological polar surface area (TPSA) is 50.2 Å². The first-order chi connectivity index (χ1) is 11.8. The maximum Gasteiger partial charge on any atom is 0.228 e. The molecule has 0 atom stereocenters. The first-order valence-corrected chi connectivity index (χ1v) is 8.03. The van der Waals surface area contributed by atoms with Crippen molar-refractivity contribution in [2.75, 3.05) is 16.8 Å². The lowest BCUT2D eigenvalue weighted by molar-refractivity contribution is -0.122. The van der Waals surface area contributed by atoms with Gasteiger partial charge in [0.15, 0.2) is 0 Å². The molecule has 0 saturated carbocycles. The highest BCUT2D eigenvalue weighted by molar-refractivity contribution is 5.99. The predicted octanol–water partition coefficient (Wildman–Crippen LogP) is 3.22. The lowest BCUT2D eigenvalue weighted by atomic mass is 10.1. The fourth-order valence-electron chi connectivity index (χ4n) is 2.72. The number of carbonyl (C=O) groups excluding carboxylic acids is 1. The molecule has 1 fully saturated rings. The second kappa shape index (κ2) is 6.20. The Morgan fingerprint density at radius 1 is 1.00 bits per heavy atom. The van der Waals surface area contributed by atoms with E-state index in [9.17, 15) is 4.79 Å². The molecule has 2 heterocycles. The standard InChI is InChI=1S/C19H18N4O/c24-19-10-11-22(19)17-8-6-16(7-9-17)20-12-15-13-21-23(14-15)18-4-2-1-3-5-18/h1-9,13-14,20H,10-12H2. The Bertz CT molecular complexity index is 839. The Morgan fingerprint density at radius 3 is 2.46 bits per heavy atom. The molecular formula is C19H18N4O. The Labute approximate surface area is 140 Å². The number of nitrogens with one attached hydrogen (secondary N) is 1. The van der Waals surface area contributed by atoms with E-state index in [1.165, 1.54) is 0 Å². The van der Waals surface area contributed by atoms with E-state index < -0.39 is 0 Å². The molecule has 5 heteroatoms. The second-order valence-electron chi connectivity index (χ2n) is 5.82. The monoisotopic (exact) mass is 318 g/mol. The summed E-state index contributed by atoms with van der Waals surface area (Å²) in [6.07, 6.45) is 4.55. The largest absolute Gasteiger partial charge is 0.381 e. The average Bonchev–Trinajstić information content (AvgIpc) is 3.10. The minimum absolute atomic E-state index is 0.198. The van der Waals surface area contributed by atoms with Gasteiger partial charge in [-0.05, 0) is 36.4 Å². The summed E-state index contributed by atoms with van der Waals surface area (Å²) in [4.78, 5) is 13.2. The highest BCUT2D eigenvalue weighted by Crippen LogP contribution is 2.23. The lowest BCUT2D eigenvalue weighted by Crippen LogP contribution is -2.43. The molecule has 1 aliphatic heterocycles. The predicted molar refractivity (Wildman–Crippen MR) is 94.3 cm³/mol. The third-order valence-electron chi connectivity index (χ3n) is 4.18. The van der Waals surface area contributed by atoms with E-state index in [0.29, 0.717) is 13.0 Å². The van der Waals surface area contributed by atoms with E-state index in [2.05, 4.69) is 10.4 Å². The SMILES string of the molecule is O=C1CCN1c1ccc(NCc2cnn(-c3ccccc3)c2)cc1. The maximum atomic E-state index is 11.4. The molecule has 0 spiro atoms. The summed E-state index contributed by atoms with van der Waals surface area (Å²) in [6, 6.07) is 18.0. The van der Waals surface area contributed by atoms with Crippen molar-refractivity contribution in [3.8, 4) is 5.69 Å². The summed E-state index contributed by atoms with van der Waals surface area (Å²) >= 11 is 0. The zero-order chi connectivity index (χ0) is 16.4. The number of anilines is 2. The van der Waals surface area contributed by atoms with Crippen molar-refractivity contribution < 1.29 is 4.79 Å². The summed E-state index contributed by atoms with van der Waals surface area (Å²) in [7, 11) is 0. The van der Waals surface area contributed by atoms with Crippen LogP contribution < -0.4 is 10.2 Å². The number of para-hydroxylation sites is 1. The number of rotatable bonds is 5. The summed E-state index contributed by atoms with van der Waals surface area (Å²) in [5.41, 5.74) is 4.15. The molecule has 0 aliphatic carbocycles. The molecule has 1 aliphatic rings. The van der Waals surface area contributed by atoms with Crippen molar-refractivity contribution in [1.29, 1.82) is 0 Å². The second-order valence-corrected chi connectivity index (χ2v) is 5.82. The molecule has 3 aromatic rings. The number of nitrogens with zero attached hydrogens (tertiary/aromatic N) is 3. The molecule has 0 unspecified atom stereocenters. The molecule has 1 aromatic heterocycles. The van der Waals surface area contributed by atoms with Crippen LogP contribution in [0.15, 0.2) is 67.0 Å². The Kier molecular flexibility index (Phi) is 3.75. The summed E-state index contributed by atoms with van der Waals surface area (Å²) < 4.78 is 1.87. The molecule has 120 valence electrons. The van der Waals surface area contributed by atoms with Gasteiger partial charge in [-0.1, -0.05) is 18.2 Å². The van der Waals surface area contributed by atoms with Gasteiger partial charge in [0.25, 0.3) is 0 Å². The van der Waals surface area contributed by atoms with Gasteiger partial charge in [0.05, 0.1) is 11.9 Å². The molecule has 1 N–H and O–H groups in total. The zero-order valence-electron chi connectivity index (χ0n) is 13.2.